The Morgan fingerprint density at radius 2 is 2.00 bits per heavy atom. The molecule has 0 amide bonds. The second kappa shape index (κ2) is 7.46. The van der Waals surface area contributed by atoms with E-state index in [1.54, 1.807) is 36.4 Å². The van der Waals surface area contributed by atoms with Gasteiger partial charge in [0, 0.05) is 27.9 Å². The molecule has 0 radical (unpaired) electrons. The van der Waals surface area contributed by atoms with Crippen LogP contribution in [0.15, 0.2) is 47.4 Å². The van der Waals surface area contributed by atoms with Crippen LogP contribution in [0.5, 0.6) is 0 Å². The summed E-state index contributed by atoms with van der Waals surface area (Å²) in [5.41, 5.74) is 1.58. The van der Waals surface area contributed by atoms with Gasteiger partial charge in [0.15, 0.2) is 0 Å². The minimum absolute atomic E-state index is 0.0178. The van der Waals surface area contributed by atoms with Gasteiger partial charge in [-0.1, -0.05) is 23.7 Å². The van der Waals surface area contributed by atoms with Gasteiger partial charge in [0.25, 0.3) is 5.69 Å². The van der Waals surface area contributed by atoms with Gasteiger partial charge >= 0.3 is 0 Å². The number of nitrogens with one attached hydrogen (secondary N) is 1. The molecule has 0 spiro atoms. The van der Waals surface area contributed by atoms with E-state index in [9.17, 15) is 20.0 Å². The number of para-hydroxylation sites is 1. The van der Waals surface area contributed by atoms with Crippen molar-refractivity contribution in [2.24, 2.45) is 5.92 Å². The molecule has 5 atom stereocenters. The van der Waals surface area contributed by atoms with Gasteiger partial charge in [-0.05, 0) is 42.2 Å². The van der Waals surface area contributed by atoms with Crippen LogP contribution >= 0.6 is 35.0 Å². The quantitative estimate of drug-likeness (QED) is 0.445. The molecule has 2 aromatic carbocycles. The van der Waals surface area contributed by atoms with Gasteiger partial charge in [-0.15, -0.1) is 23.4 Å². The predicted molar refractivity (Wildman–Crippen MR) is 107 cm³/mol. The van der Waals surface area contributed by atoms with Crippen LogP contribution in [0.25, 0.3) is 0 Å². The summed E-state index contributed by atoms with van der Waals surface area (Å²) >= 11 is 14.3. The molecule has 6 nitrogen and oxygen atoms in total. The monoisotopic (exact) mass is 437 g/mol. The van der Waals surface area contributed by atoms with Crippen LogP contribution in [-0.4, -0.2) is 27.6 Å². The summed E-state index contributed by atoms with van der Waals surface area (Å²) in [4.78, 5) is 23.2. The number of halogens is 2. The summed E-state index contributed by atoms with van der Waals surface area (Å²) in [7, 11) is 0. The molecule has 1 saturated carbocycles. The number of rotatable bonds is 4. The first-order valence-electron chi connectivity index (χ1n) is 8.68. The summed E-state index contributed by atoms with van der Waals surface area (Å²) in [5.74, 6) is -1.71. The average molecular weight is 438 g/mol. The number of aliphatic carboxylic acids is 1. The maximum atomic E-state index is 11.7. The number of benzene rings is 2. The maximum Gasteiger partial charge on any atom is 0.282 e. The SMILES string of the molecule is O=C([O-])[C@H]1Nc2ccc(Cl)cc2[C@@H]2[C@H](Cl)[C@@H](Sc3ccccc3[N+](=O)[O-])C[C@@H]21. The first-order chi connectivity index (χ1) is 13.4. The number of alkyl halides is 1. The molecule has 2 aromatic rings. The minimum atomic E-state index is -1.18. The van der Waals surface area contributed by atoms with Crippen LogP contribution in [0.3, 0.4) is 0 Å². The summed E-state index contributed by atoms with van der Waals surface area (Å²) in [6.07, 6.45) is 0.493. The molecule has 1 aliphatic carbocycles. The molecule has 0 bridgehead atoms. The van der Waals surface area contributed by atoms with Crippen LogP contribution in [0.4, 0.5) is 11.4 Å². The highest BCUT2D eigenvalue weighted by Gasteiger charge is 2.50. The standard InChI is InChI=1S/C19H16Cl2N2O4S/c20-9-5-6-12-10(7-9)16-11(18(22-12)19(24)25)8-15(17(16)21)28-14-4-2-1-3-13(14)23(26)27/h1-7,11,15-18,22H,8H2,(H,24,25)/p-1/t11-,15-,16-,17+,18-/m0/s1. The number of anilines is 1. The number of thioether (sulfide) groups is 1. The van der Waals surface area contributed by atoms with Crippen molar-refractivity contribution in [3.05, 3.63) is 63.2 Å². The lowest BCUT2D eigenvalue weighted by Crippen LogP contribution is -2.49. The number of carbonyl (C=O) groups excluding carboxylic acids is 1. The summed E-state index contributed by atoms with van der Waals surface area (Å²) in [6, 6.07) is 10.9. The summed E-state index contributed by atoms with van der Waals surface area (Å²) in [6.45, 7) is 0. The van der Waals surface area contributed by atoms with Crippen LogP contribution in [0.2, 0.25) is 5.02 Å². The highest BCUT2D eigenvalue weighted by atomic mass is 35.5. The Morgan fingerprint density at radius 1 is 1.25 bits per heavy atom. The van der Waals surface area contributed by atoms with Crippen LogP contribution in [0, 0.1) is 16.0 Å². The lowest BCUT2D eigenvalue weighted by molar-refractivity contribution is -0.387. The number of carbonyl (C=O) groups is 1. The molecule has 28 heavy (non-hydrogen) atoms. The largest absolute Gasteiger partial charge is 0.548 e. The Kier molecular flexibility index (Phi) is 5.16. The molecule has 0 aromatic heterocycles. The number of nitro benzene ring substituents is 1. The Labute approximate surface area is 175 Å². The van der Waals surface area contributed by atoms with Crippen molar-refractivity contribution in [1.82, 2.24) is 0 Å². The van der Waals surface area contributed by atoms with Crippen molar-refractivity contribution in [2.45, 2.75) is 33.9 Å². The number of carboxylic acids is 1. The van der Waals surface area contributed by atoms with E-state index >= 15 is 0 Å². The van der Waals surface area contributed by atoms with Gasteiger partial charge in [-0.3, -0.25) is 10.1 Å². The molecule has 1 aliphatic heterocycles. The van der Waals surface area contributed by atoms with E-state index in [0.717, 1.165) is 5.56 Å². The summed E-state index contributed by atoms with van der Waals surface area (Å²) in [5, 5.41) is 26.1. The highest BCUT2D eigenvalue weighted by Crippen LogP contribution is 2.55. The zero-order valence-electron chi connectivity index (χ0n) is 14.4. The zero-order valence-corrected chi connectivity index (χ0v) is 16.7. The normalized spacial score (nSPS) is 28.1. The van der Waals surface area contributed by atoms with Crippen molar-refractivity contribution < 1.29 is 14.8 Å². The first kappa shape index (κ1) is 19.4. The fourth-order valence-electron chi connectivity index (χ4n) is 4.19. The molecular weight excluding hydrogens is 423 g/mol. The van der Waals surface area contributed by atoms with E-state index in [-0.39, 0.29) is 22.8 Å². The van der Waals surface area contributed by atoms with Crippen molar-refractivity contribution in [2.75, 3.05) is 5.32 Å². The number of hydrogen-bond donors (Lipinski definition) is 1. The van der Waals surface area contributed by atoms with Gasteiger partial charge in [0.1, 0.15) is 0 Å². The number of hydrogen-bond acceptors (Lipinski definition) is 6. The Bertz CT molecular complexity index is 957. The zero-order chi connectivity index (χ0) is 20.0. The number of fused-ring (bicyclic) bond motifs is 3. The molecule has 9 heteroatoms. The van der Waals surface area contributed by atoms with Crippen LogP contribution < -0.4 is 10.4 Å². The predicted octanol–water partition coefficient (Wildman–Crippen LogP) is 3.66. The molecule has 0 saturated heterocycles. The molecule has 2 aliphatic rings. The van der Waals surface area contributed by atoms with E-state index < -0.39 is 22.3 Å². The Morgan fingerprint density at radius 3 is 2.71 bits per heavy atom. The molecular formula is C19H15Cl2N2O4S-. The average Bonchev–Trinajstić information content (AvgIpc) is 2.98. The van der Waals surface area contributed by atoms with E-state index in [1.165, 1.54) is 17.8 Å². The Balaban J connectivity index is 1.70. The van der Waals surface area contributed by atoms with Gasteiger partial charge < -0.3 is 15.2 Å². The highest BCUT2D eigenvalue weighted by molar-refractivity contribution is 8.00. The first-order valence-corrected chi connectivity index (χ1v) is 10.4. The van der Waals surface area contributed by atoms with Crippen molar-refractivity contribution in [3.8, 4) is 0 Å². The van der Waals surface area contributed by atoms with Gasteiger partial charge in [0.05, 0.1) is 27.2 Å². The van der Waals surface area contributed by atoms with E-state index in [2.05, 4.69) is 5.32 Å². The molecule has 1 heterocycles. The number of nitrogens with zero attached hydrogens (tertiary/aromatic N) is 1. The van der Waals surface area contributed by atoms with E-state index in [1.807, 2.05) is 0 Å². The number of carboxylic acid groups (broad SMARTS) is 1. The van der Waals surface area contributed by atoms with E-state index in [4.69, 9.17) is 23.2 Å². The van der Waals surface area contributed by atoms with Crippen molar-refractivity contribution in [1.29, 1.82) is 0 Å². The lowest BCUT2D eigenvalue weighted by Gasteiger charge is -2.38. The third kappa shape index (κ3) is 3.32. The van der Waals surface area contributed by atoms with Crippen molar-refractivity contribution >= 4 is 52.3 Å². The molecule has 146 valence electrons. The van der Waals surface area contributed by atoms with Gasteiger partial charge in [0.2, 0.25) is 0 Å². The van der Waals surface area contributed by atoms with E-state index in [0.29, 0.717) is 22.0 Å². The third-order valence-corrected chi connectivity index (χ3v) is 7.72. The van der Waals surface area contributed by atoms with Gasteiger partial charge in [-0.25, -0.2) is 0 Å². The summed E-state index contributed by atoms with van der Waals surface area (Å²) < 4.78 is 0. The molecule has 1 N–H and O–H groups in total. The second-order valence-electron chi connectivity index (χ2n) is 6.92. The molecule has 4 rings (SSSR count). The topological polar surface area (TPSA) is 95.3 Å². The Hall–Kier alpha value is -1.96. The molecule has 1 fully saturated rings. The second-order valence-corrected chi connectivity index (χ2v) is 9.14. The van der Waals surface area contributed by atoms with Gasteiger partial charge in [-0.2, -0.15) is 0 Å². The number of nitro groups is 1. The molecule has 0 unspecified atom stereocenters. The fraction of sp³-hybridized carbons (Fsp3) is 0.316. The third-order valence-electron chi connectivity index (χ3n) is 5.37. The lowest BCUT2D eigenvalue weighted by atomic mass is 9.79. The fourth-order valence-corrected chi connectivity index (χ4v) is 6.32. The van der Waals surface area contributed by atoms with Crippen LogP contribution in [-0.2, 0) is 4.79 Å². The minimum Gasteiger partial charge on any atom is -0.548 e. The van der Waals surface area contributed by atoms with Crippen LogP contribution in [0.1, 0.15) is 17.9 Å². The maximum absolute atomic E-state index is 11.7. The smallest absolute Gasteiger partial charge is 0.282 e. The van der Waals surface area contributed by atoms with Crippen molar-refractivity contribution in [3.63, 3.8) is 0 Å².